The largest absolute Gasteiger partial charge is 0.380 e. The third-order valence-electron chi connectivity index (χ3n) is 1.57. The Hall–Kier alpha value is -0.0800. The summed E-state index contributed by atoms with van der Waals surface area (Å²) in [6.07, 6.45) is 2.25. The van der Waals surface area contributed by atoms with E-state index >= 15 is 0 Å². The first-order chi connectivity index (χ1) is 4.85. The quantitative estimate of drug-likeness (QED) is 0.571. The van der Waals surface area contributed by atoms with Crippen molar-refractivity contribution in [1.82, 2.24) is 5.32 Å². The van der Waals surface area contributed by atoms with Crippen LogP contribution in [0.4, 0.5) is 0 Å². The maximum atomic E-state index is 5.36. The standard InChI is InChI=1S/C8H19NO/c1-4-6-10-7-8(5-2)9-3/h8-9H,4-7H2,1-3H3. The highest BCUT2D eigenvalue weighted by Gasteiger charge is 2.00. The topological polar surface area (TPSA) is 21.3 Å². The Labute approximate surface area is 64.0 Å². The second-order valence-electron chi connectivity index (χ2n) is 2.47. The molecule has 0 fully saturated rings. The van der Waals surface area contributed by atoms with E-state index in [2.05, 4.69) is 19.2 Å². The van der Waals surface area contributed by atoms with Crippen LogP contribution in [-0.4, -0.2) is 26.3 Å². The zero-order chi connectivity index (χ0) is 7.82. The molecule has 1 N–H and O–H groups in total. The van der Waals surface area contributed by atoms with E-state index in [1.54, 1.807) is 0 Å². The van der Waals surface area contributed by atoms with Crippen molar-refractivity contribution in [2.45, 2.75) is 32.7 Å². The molecule has 62 valence electrons. The maximum Gasteiger partial charge on any atom is 0.0619 e. The van der Waals surface area contributed by atoms with E-state index in [4.69, 9.17) is 4.74 Å². The molecular weight excluding hydrogens is 126 g/mol. The first-order valence-electron chi connectivity index (χ1n) is 4.10. The minimum Gasteiger partial charge on any atom is -0.380 e. The van der Waals surface area contributed by atoms with Crippen molar-refractivity contribution >= 4 is 0 Å². The molecule has 10 heavy (non-hydrogen) atoms. The van der Waals surface area contributed by atoms with Crippen molar-refractivity contribution < 1.29 is 4.74 Å². The third kappa shape index (κ3) is 4.77. The fraction of sp³-hybridized carbons (Fsp3) is 1.00. The molecule has 0 amide bonds. The highest BCUT2D eigenvalue weighted by molar-refractivity contribution is 4.59. The first-order valence-corrected chi connectivity index (χ1v) is 4.10. The van der Waals surface area contributed by atoms with Crippen LogP contribution < -0.4 is 5.32 Å². The van der Waals surface area contributed by atoms with E-state index < -0.39 is 0 Å². The summed E-state index contributed by atoms with van der Waals surface area (Å²) in [6.45, 7) is 6.02. The smallest absolute Gasteiger partial charge is 0.0619 e. The van der Waals surface area contributed by atoms with E-state index in [9.17, 15) is 0 Å². The van der Waals surface area contributed by atoms with Gasteiger partial charge in [0.05, 0.1) is 6.61 Å². The first kappa shape index (κ1) is 9.92. The molecule has 0 aromatic rings. The average Bonchev–Trinajstić information content (AvgIpc) is 1.99. The van der Waals surface area contributed by atoms with Crippen LogP contribution in [0.3, 0.4) is 0 Å². The van der Waals surface area contributed by atoms with Gasteiger partial charge >= 0.3 is 0 Å². The summed E-state index contributed by atoms with van der Waals surface area (Å²) < 4.78 is 5.36. The van der Waals surface area contributed by atoms with Crippen molar-refractivity contribution in [1.29, 1.82) is 0 Å². The zero-order valence-electron chi connectivity index (χ0n) is 7.31. The Bertz CT molecular complexity index is 62.3. The zero-order valence-corrected chi connectivity index (χ0v) is 7.31. The second-order valence-corrected chi connectivity index (χ2v) is 2.47. The lowest BCUT2D eigenvalue weighted by molar-refractivity contribution is 0.113. The summed E-state index contributed by atoms with van der Waals surface area (Å²) in [7, 11) is 1.98. The summed E-state index contributed by atoms with van der Waals surface area (Å²) >= 11 is 0. The average molecular weight is 145 g/mol. The molecule has 0 saturated heterocycles. The molecule has 2 nitrogen and oxygen atoms in total. The second kappa shape index (κ2) is 7.03. The number of likely N-dealkylation sites (N-methyl/N-ethyl adjacent to an activating group) is 1. The molecular formula is C8H19NO. The molecule has 0 aromatic carbocycles. The highest BCUT2D eigenvalue weighted by atomic mass is 16.5. The van der Waals surface area contributed by atoms with Gasteiger partial charge in [0.2, 0.25) is 0 Å². The molecule has 0 aliphatic heterocycles. The van der Waals surface area contributed by atoms with Gasteiger partial charge in [-0.25, -0.2) is 0 Å². The van der Waals surface area contributed by atoms with E-state index in [0.717, 1.165) is 26.1 Å². The lowest BCUT2D eigenvalue weighted by Gasteiger charge is -2.12. The van der Waals surface area contributed by atoms with Gasteiger partial charge in [0.15, 0.2) is 0 Å². The van der Waals surface area contributed by atoms with Gasteiger partial charge < -0.3 is 10.1 Å². The Balaban J connectivity index is 3.09. The van der Waals surface area contributed by atoms with Crippen LogP contribution in [0, 0.1) is 0 Å². The molecule has 2 heteroatoms. The maximum absolute atomic E-state index is 5.36. The Kier molecular flexibility index (Phi) is 6.98. The summed E-state index contributed by atoms with van der Waals surface area (Å²) in [5.74, 6) is 0. The van der Waals surface area contributed by atoms with Crippen molar-refractivity contribution in [3.8, 4) is 0 Å². The van der Waals surface area contributed by atoms with Crippen molar-refractivity contribution in [3.05, 3.63) is 0 Å². The van der Waals surface area contributed by atoms with Gasteiger partial charge in [0, 0.05) is 12.6 Å². The molecule has 0 rings (SSSR count). The van der Waals surface area contributed by atoms with Gasteiger partial charge in [0.1, 0.15) is 0 Å². The van der Waals surface area contributed by atoms with Crippen LogP contribution >= 0.6 is 0 Å². The third-order valence-corrected chi connectivity index (χ3v) is 1.57. The van der Waals surface area contributed by atoms with Crippen LogP contribution in [-0.2, 0) is 4.74 Å². The molecule has 0 radical (unpaired) electrons. The molecule has 0 bridgehead atoms. The van der Waals surface area contributed by atoms with Gasteiger partial charge in [-0.15, -0.1) is 0 Å². The number of hydrogen-bond acceptors (Lipinski definition) is 2. The molecule has 1 atom stereocenters. The number of nitrogens with one attached hydrogen (secondary N) is 1. The van der Waals surface area contributed by atoms with E-state index in [1.807, 2.05) is 7.05 Å². The van der Waals surface area contributed by atoms with Crippen molar-refractivity contribution in [3.63, 3.8) is 0 Å². The van der Waals surface area contributed by atoms with Gasteiger partial charge in [-0.3, -0.25) is 0 Å². The Morgan fingerprint density at radius 2 is 2.10 bits per heavy atom. The molecule has 1 unspecified atom stereocenters. The fourth-order valence-corrected chi connectivity index (χ4v) is 0.775. The minimum absolute atomic E-state index is 0.534. The summed E-state index contributed by atoms with van der Waals surface area (Å²) in [6, 6.07) is 0.534. The van der Waals surface area contributed by atoms with Crippen LogP contribution in [0.2, 0.25) is 0 Å². The fourth-order valence-electron chi connectivity index (χ4n) is 0.775. The van der Waals surface area contributed by atoms with Gasteiger partial charge in [-0.1, -0.05) is 13.8 Å². The normalized spacial score (nSPS) is 13.5. The summed E-state index contributed by atoms with van der Waals surface area (Å²) in [5.41, 5.74) is 0. The van der Waals surface area contributed by atoms with Crippen LogP contribution in [0.25, 0.3) is 0 Å². The van der Waals surface area contributed by atoms with Crippen molar-refractivity contribution in [2.24, 2.45) is 0 Å². The summed E-state index contributed by atoms with van der Waals surface area (Å²) in [5, 5.41) is 3.19. The monoisotopic (exact) mass is 145 g/mol. The molecule has 0 aliphatic carbocycles. The lowest BCUT2D eigenvalue weighted by atomic mass is 10.2. The van der Waals surface area contributed by atoms with Crippen LogP contribution in [0.1, 0.15) is 26.7 Å². The van der Waals surface area contributed by atoms with Gasteiger partial charge in [-0.05, 0) is 19.9 Å². The minimum atomic E-state index is 0.534. The molecule has 0 aromatic heterocycles. The predicted octanol–water partition coefficient (Wildman–Crippen LogP) is 1.41. The van der Waals surface area contributed by atoms with E-state index in [0.29, 0.717) is 6.04 Å². The summed E-state index contributed by atoms with van der Waals surface area (Å²) in [4.78, 5) is 0. The molecule has 0 aliphatic rings. The van der Waals surface area contributed by atoms with Gasteiger partial charge in [-0.2, -0.15) is 0 Å². The lowest BCUT2D eigenvalue weighted by Crippen LogP contribution is -2.29. The molecule has 0 heterocycles. The Morgan fingerprint density at radius 3 is 2.50 bits per heavy atom. The molecule has 0 spiro atoms. The number of rotatable bonds is 6. The highest BCUT2D eigenvalue weighted by Crippen LogP contribution is 1.91. The SMILES string of the molecule is CCCOCC(CC)NC. The van der Waals surface area contributed by atoms with Crippen LogP contribution in [0.5, 0.6) is 0 Å². The predicted molar refractivity (Wildman–Crippen MR) is 44.2 cm³/mol. The van der Waals surface area contributed by atoms with Crippen LogP contribution in [0.15, 0.2) is 0 Å². The molecule has 0 saturated carbocycles. The number of ether oxygens (including phenoxy) is 1. The van der Waals surface area contributed by atoms with Crippen molar-refractivity contribution in [2.75, 3.05) is 20.3 Å². The van der Waals surface area contributed by atoms with E-state index in [-0.39, 0.29) is 0 Å². The van der Waals surface area contributed by atoms with Gasteiger partial charge in [0.25, 0.3) is 0 Å². The number of hydrogen-bond donors (Lipinski definition) is 1. The Morgan fingerprint density at radius 1 is 1.40 bits per heavy atom. The van der Waals surface area contributed by atoms with E-state index in [1.165, 1.54) is 0 Å².